The highest BCUT2D eigenvalue weighted by Crippen LogP contribution is 2.53. The minimum absolute atomic E-state index is 0.135. The van der Waals surface area contributed by atoms with Crippen LogP contribution in [-0.4, -0.2) is 37.6 Å². The number of aromatic hydroxyl groups is 1. The Hall–Kier alpha value is -2.86. The number of hydrogen-bond donors (Lipinski definition) is 1. The van der Waals surface area contributed by atoms with Gasteiger partial charge in [-0.2, -0.15) is 0 Å². The molecular formula is C27H34O6. The molecule has 0 amide bonds. The van der Waals surface area contributed by atoms with Crippen LogP contribution in [0.1, 0.15) is 69.2 Å². The molecule has 0 aromatic heterocycles. The van der Waals surface area contributed by atoms with Gasteiger partial charge in [0.1, 0.15) is 29.0 Å². The molecule has 2 aromatic rings. The second-order valence-corrected chi connectivity index (χ2v) is 9.08. The zero-order chi connectivity index (χ0) is 23.8. The summed E-state index contributed by atoms with van der Waals surface area (Å²) in [5.41, 5.74) is 2.24. The van der Waals surface area contributed by atoms with E-state index in [0.717, 1.165) is 41.0 Å². The summed E-state index contributed by atoms with van der Waals surface area (Å²) in [7, 11) is 3.15. The molecule has 0 bridgehead atoms. The lowest BCUT2D eigenvalue weighted by atomic mass is 9.79. The lowest BCUT2D eigenvalue weighted by Crippen LogP contribution is -2.36. The highest BCUT2D eigenvalue weighted by molar-refractivity contribution is 5.70. The maximum atomic E-state index is 11.0. The van der Waals surface area contributed by atoms with Crippen LogP contribution in [0.2, 0.25) is 0 Å². The molecule has 3 atom stereocenters. The second kappa shape index (κ2) is 9.18. The van der Waals surface area contributed by atoms with Crippen molar-refractivity contribution in [2.45, 2.75) is 64.3 Å². The Morgan fingerprint density at radius 3 is 2.42 bits per heavy atom. The summed E-state index contributed by atoms with van der Waals surface area (Å²) in [6.07, 6.45) is 5.25. The van der Waals surface area contributed by atoms with E-state index >= 15 is 0 Å². The van der Waals surface area contributed by atoms with Crippen molar-refractivity contribution in [1.29, 1.82) is 0 Å². The molecule has 0 saturated carbocycles. The summed E-state index contributed by atoms with van der Waals surface area (Å²) >= 11 is 0. The predicted octanol–water partition coefficient (Wildman–Crippen LogP) is 6.02. The van der Waals surface area contributed by atoms with Gasteiger partial charge in [0.2, 0.25) is 0 Å². The number of benzene rings is 2. The Bertz CT molecular complexity index is 1040. The quantitative estimate of drug-likeness (QED) is 0.552. The van der Waals surface area contributed by atoms with Gasteiger partial charge >= 0.3 is 0 Å². The van der Waals surface area contributed by atoms with Crippen molar-refractivity contribution >= 4 is 6.08 Å². The van der Waals surface area contributed by atoms with Crippen LogP contribution in [0.5, 0.6) is 28.7 Å². The zero-order valence-electron chi connectivity index (χ0n) is 20.3. The van der Waals surface area contributed by atoms with Gasteiger partial charge in [0.15, 0.2) is 11.5 Å². The molecule has 6 heteroatoms. The summed E-state index contributed by atoms with van der Waals surface area (Å²) in [5, 5.41) is 11.0. The van der Waals surface area contributed by atoms with Crippen LogP contribution in [0.3, 0.4) is 0 Å². The smallest absolute Gasteiger partial charge is 0.164 e. The first-order valence-corrected chi connectivity index (χ1v) is 11.6. The first-order valence-electron chi connectivity index (χ1n) is 11.6. The molecule has 0 radical (unpaired) electrons. The third-order valence-electron chi connectivity index (χ3n) is 6.31. The Morgan fingerprint density at radius 1 is 1.03 bits per heavy atom. The van der Waals surface area contributed by atoms with Gasteiger partial charge in [-0.25, -0.2) is 0 Å². The molecule has 1 N–H and O–H groups in total. The zero-order valence-corrected chi connectivity index (χ0v) is 20.3. The lowest BCUT2D eigenvalue weighted by Gasteiger charge is -2.41. The Labute approximate surface area is 196 Å². The van der Waals surface area contributed by atoms with Crippen LogP contribution in [0.15, 0.2) is 30.3 Å². The SMILES string of the molecule is CCCO[C@@H]1c2ccc3c(c2O[C@H](CC)[C@@H]1c1cc(OC)c(OC)cc1O)C=CC(C)(C)O3. The molecule has 178 valence electrons. The third-order valence-corrected chi connectivity index (χ3v) is 6.31. The van der Waals surface area contributed by atoms with Crippen molar-refractivity contribution in [2.75, 3.05) is 20.8 Å². The van der Waals surface area contributed by atoms with Gasteiger partial charge in [0.05, 0.1) is 31.8 Å². The van der Waals surface area contributed by atoms with E-state index in [1.54, 1.807) is 20.3 Å². The Morgan fingerprint density at radius 2 is 1.76 bits per heavy atom. The third kappa shape index (κ3) is 4.24. The van der Waals surface area contributed by atoms with Gasteiger partial charge < -0.3 is 28.8 Å². The van der Waals surface area contributed by atoms with Gasteiger partial charge in [-0.05, 0) is 57.0 Å². The monoisotopic (exact) mass is 454 g/mol. The lowest BCUT2D eigenvalue weighted by molar-refractivity contribution is -0.0216. The highest BCUT2D eigenvalue weighted by Gasteiger charge is 2.43. The summed E-state index contributed by atoms with van der Waals surface area (Å²) in [5.74, 6) is 2.55. The van der Waals surface area contributed by atoms with E-state index in [4.69, 9.17) is 23.7 Å². The highest BCUT2D eigenvalue weighted by atomic mass is 16.5. The van der Waals surface area contributed by atoms with Gasteiger partial charge in [-0.3, -0.25) is 0 Å². The van der Waals surface area contributed by atoms with E-state index in [1.165, 1.54) is 0 Å². The van der Waals surface area contributed by atoms with Crippen molar-refractivity contribution in [1.82, 2.24) is 0 Å². The van der Waals surface area contributed by atoms with Crippen molar-refractivity contribution in [3.05, 3.63) is 47.0 Å². The number of hydrogen-bond acceptors (Lipinski definition) is 6. The minimum Gasteiger partial charge on any atom is -0.508 e. The predicted molar refractivity (Wildman–Crippen MR) is 128 cm³/mol. The largest absolute Gasteiger partial charge is 0.508 e. The van der Waals surface area contributed by atoms with Crippen LogP contribution >= 0.6 is 0 Å². The Kier molecular flexibility index (Phi) is 6.48. The Balaban J connectivity index is 1.86. The molecule has 0 spiro atoms. The van der Waals surface area contributed by atoms with Gasteiger partial charge in [0, 0.05) is 23.8 Å². The molecule has 0 fully saturated rings. The standard InChI is InChI=1S/C27H34O6/c1-7-13-31-26-17-9-10-21-16(11-12-27(3,4)33-21)25(17)32-20(8-2)24(26)18-14-22(29-5)23(30-6)15-19(18)28/h9-12,14-15,20,24,26,28H,7-8,13H2,1-6H3/t20-,24+,26-/m1/s1. The van der Waals surface area contributed by atoms with Crippen LogP contribution in [0, 0.1) is 0 Å². The van der Waals surface area contributed by atoms with Gasteiger partial charge in [-0.1, -0.05) is 13.8 Å². The van der Waals surface area contributed by atoms with Crippen molar-refractivity contribution in [3.63, 3.8) is 0 Å². The molecule has 0 saturated heterocycles. The molecule has 2 aliphatic rings. The topological polar surface area (TPSA) is 66.4 Å². The molecule has 2 aromatic carbocycles. The maximum Gasteiger partial charge on any atom is 0.164 e. The molecule has 0 aliphatic carbocycles. The van der Waals surface area contributed by atoms with E-state index in [2.05, 4.69) is 19.9 Å². The molecule has 0 unspecified atom stereocenters. The van der Waals surface area contributed by atoms with Crippen molar-refractivity contribution in [3.8, 4) is 28.7 Å². The normalized spacial score (nSPS) is 22.5. The van der Waals surface area contributed by atoms with Gasteiger partial charge in [0.25, 0.3) is 0 Å². The fraction of sp³-hybridized carbons (Fsp3) is 0.481. The fourth-order valence-electron chi connectivity index (χ4n) is 4.71. The van der Waals surface area contributed by atoms with Crippen molar-refractivity contribution in [2.24, 2.45) is 0 Å². The van der Waals surface area contributed by atoms with E-state index in [-0.39, 0.29) is 29.5 Å². The van der Waals surface area contributed by atoms with Crippen LogP contribution in [0.4, 0.5) is 0 Å². The summed E-state index contributed by atoms with van der Waals surface area (Å²) in [6.45, 7) is 8.84. The van der Waals surface area contributed by atoms with Crippen LogP contribution < -0.4 is 18.9 Å². The summed E-state index contributed by atoms with van der Waals surface area (Å²) in [4.78, 5) is 0. The van der Waals surface area contributed by atoms with Gasteiger partial charge in [-0.15, -0.1) is 0 Å². The number of rotatable bonds is 7. The maximum absolute atomic E-state index is 11.0. The first kappa shape index (κ1) is 23.3. The van der Waals surface area contributed by atoms with E-state index in [9.17, 15) is 5.11 Å². The summed E-state index contributed by atoms with van der Waals surface area (Å²) in [6, 6.07) is 7.45. The van der Waals surface area contributed by atoms with Crippen molar-refractivity contribution < 1.29 is 28.8 Å². The molecular weight excluding hydrogens is 420 g/mol. The number of phenolic OH excluding ortho intramolecular Hbond substituents is 1. The van der Waals surface area contributed by atoms with E-state index in [1.807, 2.05) is 38.1 Å². The van der Waals surface area contributed by atoms with Crippen LogP contribution in [0.25, 0.3) is 6.08 Å². The summed E-state index contributed by atoms with van der Waals surface area (Å²) < 4.78 is 30.1. The fourth-order valence-corrected chi connectivity index (χ4v) is 4.71. The molecule has 4 rings (SSSR count). The number of methoxy groups -OCH3 is 2. The number of phenols is 1. The average molecular weight is 455 g/mol. The molecule has 33 heavy (non-hydrogen) atoms. The van der Waals surface area contributed by atoms with E-state index < -0.39 is 0 Å². The molecule has 6 nitrogen and oxygen atoms in total. The minimum atomic E-state index is -0.369. The number of fused-ring (bicyclic) bond motifs is 3. The number of ether oxygens (including phenoxy) is 5. The first-order chi connectivity index (χ1) is 15.8. The average Bonchev–Trinajstić information content (AvgIpc) is 2.80. The second-order valence-electron chi connectivity index (χ2n) is 9.08. The van der Waals surface area contributed by atoms with Crippen LogP contribution in [-0.2, 0) is 4.74 Å². The molecule has 2 aliphatic heterocycles. The molecule has 2 heterocycles. The van der Waals surface area contributed by atoms with E-state index in [0.29, 0.717) is 18.1 Å².